The molecule has 2 aliphatic rings. The third-order valence-electron chi connectivity index (χ3n) is 6.00. The van der Waals surface area contributed by atoms with Crippen molar-refractivity contribution in [2.24, 2.45) is 0 Å². The second-order valence-electron chi connectivity index (χ2n) is 8.33. The van der Waals surface area contributed by atoms with Crippen LogP contribution in [0.2, 0.25) is 0 Å². The summed E-state index contributed by atoms with van der Waals surface area (Å²) < 4.78 is 11.4. The Morgan fingerprint density at radius 3 is 2.60 bits per heavy atom. The van der Waals surface area contributed by atoms with Crippen LogP contribution in [0.15, 0.2) is 42.5 Å². The number of carbonyl (C=O) groups is 1. The molecule has 0 spiro atoms. The summed E-state index contributed by atoms with van der Waals surface area (Å²) in [5.74, 6) is 1.56. The molecule has 2 aliphatic heterocycles. The van der Waals surface area contributed by atoms with Crippen LogP contribution in [0.5, 0.6) is 11.5 Å². The van der Waals surface area contributed by atoms with Gasteiger partial charge in [0.25, 0.3) is 0 Å². The number of hydrogen-bond acceptors (Lipinski definition) is 4. The first-order valence-electron chi connectivity index (χ1n) is 10.7. The van der Waals surface area contributed by atoms with Crippen LogP contribution in [0.3, 0.4) is 0 Å². The van der Waals surface area contributed by atoms with Gasteiger partial charge in [0.05, 0.1) is 12.1 Å². The summed E-state index contributed by atoms with van der Waals surface area (Å²) in [6.45, 7) is 4.57. The smallest absolute Gasteiger partial charge is 0.317 e. The van der Waals surface area contributed by atoms with Gasteiger partial charge in [-0.05, 0) is 57.1 Å². The van der Waals surface area contributed by atoms with Gasteiger partial charge in [-0.2, -0.15) is 0 Å². The summed E-state index contributed by atoms with van der Waals surface area (Å²) in [5, 5.41) is 3.17. The lowest BCUT2D eigenvalue weighted by Crippen LogP contribution is -2.43. The average Bonchev–Trinajstić information content (AvgIpc) is 3.24. The molecule has 2 aromatic rings. The zero-order valence-corrected chi connectivity index (χ0v) is 18.1. The Morgan fingerprint density at radius 1 is 1.13 bits per heavy atom. The molecule has 0 aromatic heterocycles. The van der Waals surface area contributed by atoms with E-state index in [2.05, 4.69) is 47.5 Å². The predicted octanol–water partition coefficient (Wildman–Crippen LogP) is 3.92. The van der Waals surface area contributed by atoms with E-state index in [1.807, 2.05) is 31.1 Å². The normalized spacial score (nSPS) is 19.1. The van der Waals surface area contributed by atoms with E-state index in [0.717, 1.165) is 36.4 Å². The molecular formula is C24H31N3O3. The fraction of sp³-hybridized carbons (Fsp3) is 0.458. The van der Waals surface area contributed by atoms with Crippen molar-refractivity contribution in [2.75, 3.05) is 40.4 Å². The summed E-state index contributed by atoms with van der Waals surface area (Å²) in [7, 11) is 4.09. The molecule has 0 bridgehead atoms. The van der Waals surface area contributed by atoms with Gasteiger partial charge < -0.3 is 24.6 Å². The summed E-state index contributed by atoms with van der Waals surface area (Å²) >= 11 is 0. The van der Waals surface area contributed by atoms with Gasteiger partial charge >= 0.3 is 6.03 Å². The summed E-state index contributed by atoms with van der Waals surface area (Å²) in [6, 6.07) is 14.7. The summed E-state index contributed by atoms with van der Waals surface area (Å²) in [6.07, 6.45) is 1.96. The molecule has 2 unspecified atom stereocenters. The molecule has 2 aromatic carbocycles. The third kappa shape index (κ3) is 4.38. The Bertz CT molecular complexity index is 882. The van der Waals surface area contributed by atoms with Crippen molar-refractivity contribution in [3.05, 3.63) is 59.2 Å². The maximum absolute atomic E-state index is 13.1. The van der Waals surface area contributed by atoms with Crippen LogP contribution in [0.25, 0.3) is 0 Å². The first-order chi connectivity index (χ1) is 14.5. The first-order valence-corrected chi connectivity index (χ1v) is 10.7. The molecule has 0 saturated carbocycles. The Morgan fingerprint density at radius 2 is 1.87 bits per heavy atom. The van der Waals surface area contributed by atoms with E-state index in [4.69, 9.17) is 9.47 Å². The van der Waals surface area contributed by atoms with Gasteiger partial charge in [0, 0.05) is 13.1 Å². The van der Waals surface area contributed by atoms with Crippen molar-refractivity contribution in [3.63, 3.8) is 0 Å². The van der Waals surface area contributed by atoms with Gasteiger partial charge in [0.15, 0.2) is 11.5 Å². The Kier molecular flexibility index (Phi) is 6.13. The molecule has 0 aliphatic carbocycles. The second kappa shape index (κ2) is 8.96. The van der Waals surface area contributed by atoms with Crippen LogP contribution in [0.4, 0.5) is 4.79 Å². The Labute approximate surface area is 178 Å². The van der Waals surface area contributed by atoms with Crippen molar-refractivity contribution < 1.29 is 14.3 Å². The number of aryl methyl sites for hydroxylation is 1. The van der Waals surface area contributed by atoms with Gasteiger partial charge in [-0.1, -0.05) is 35.9 Å². The number of ether oxygens (including phenoxy) is 2. The number of likely N-dealkylation sites (tertiary alicyclic amines) is 1. The molecule has 6 heteroatoms. The van der Waals surface area contributed by atoms with Crippen molar-refractivity contribution in [1.29, 1.82) is 0 Å². The van der Waals surface area contributed by atoms with E-state index in [9.17, 15) is 4.79 Å². The Hall–Kier alpha value is -2.73. The highest BCUT2D eigenvalue weighted by Crippen LogP contribution is 2.38. The van der Waals surface area contributed by atoms with Crippen molar-refractivity contribution in [1.82, 2.24) is 15.1 Å². The molecule has 1 N–H and O–H groups in total. The quantitative estimate of drug-likeness (QED) is 0.813. The maximum atomic E-state index is 13.1. The molecule has 4 rings (SSSR count). The van der Waals surface area contributed by atoms with Crippen LogP contribution >= 0.6 is 0 Å². The molecule has 2 atom stereocenters. The number of nitrogens with zero attached hydrogens (tertiary/aromatic N) is 2. The number of fused-ring (bicyclic) bond motifs is 1. The van der Waals surface area contributed by atoms with Gasteiger partial charge in [0.1, 0.15) is 13.2 Å². The lowest BCUT2D eigenvalue weighted by molar-refractivity contribution is 0.170. The van der Waals surface area contributed by atoms with Crippen LogP contribution in [0, 0.1) is 6.92 Å². The van der Waals surface area contributed by atoms with Crippen molar-refractivity contribution in [2.45, 2.75) is 31.8 Å². The SMILES string of the molecule is Cc1ccc(C(CNC(=O)N2CCCC2c2ccc3c(c2)OCCO3)N(C)C)cc1. The van der Waals surface area contributed by atoms with Gasteiger partial charge in [-0.25, -0.2) is 4.79 Å². The van der Waals surface area contributed by atoms with E-state index in [1.54, 1.807) is 0 Å². The van der Waals surface area contributed by atoms with E-state index in [0.29, 0.717) is 19.8 Å². The summed E-state index contributed by atoms with van der Waals surface area (Å²) in [4.78, 5) is 17.2. The fourth-order valence-corrected chi connectivity index (χ4v) is 4.30. The average molecular weight is 410 g/mol. The van der Waals surface area contributed by atoms with Crippen LogP contribution < -0.4 is 14.8 Å². The number of carbonyl (C=O) groups excluding carboxylic acids is 1. The van der Waals surface area contributed by atoms with E-state index < -0.39 is 0 Å². The topological polar surface area (TPSA) is 54.0 Å². The second-order valence-corrected chi connectivity index (χ2v) is 8.33. The number of amides is 2. The number of likely N-dealkylation sites (N-methyl/N-ethyl adjacent to an activating group) is 1. The highest BCUT2D eigenvalue weighted by molar-refractivity contribution is 5.75. The van der Waals surface area contributed by atoms with E-state index in [1.165, 1.54) is 11.1 Å². The molecular weight excluding hydrogens is 378 g/mol. The Balaban J connectivity index is 1.43. The zero-order chi connectivity index (χ0) is 21.1. The molecule has 1 saturated heterocycles. The van der Waals surface area contributed by atoms with Crippen molar-refractivity contribution in [3.8, 4) is 11.5 Å². The lowest BCUT2D eigenvalue weighted by Gasteiger charge is -2.29. The monoisotopic (exact) mass is 409 g/mol. The zero-order valence-electron chi connectivity index (χ0n) is 18.1. The van der Waals surface area contributed by atoms with Gasteiger partial charge in [-0.3, -0.25) is 0 Å². The van der Waals surface area contributed by atoms with Gasteiger partial charge in [0.2, 0.25) is 0 Å². The number of nitrogens with one attached hydrogen (secondary N) is 1. The minimum Gasteiger partial charge on any atom is -0.486 e. The van der Waals surface area contributed by atoms with Crippen molar-refractivity contribution >= 4 is 6.03 Å². The first kappa shape index (κ1) is 20.5. The molecule has 0 radical (unpaired) electrons. The number of urea groups is 1. The molecule has 2 heterocycles. The standard InChI is InChI=1S/C24H31N3O3/c1-17-6-8-18(9-7-17)21(26(2)3)16-25-24(28)27-12-4-5-20(27)19-10-11-22-23(15-19)30-14-13-29-22/h6-11,15,20-21H,4-5,12-14,16H2,1-3H3,(H,25,28). The minimum atomic E-state index is -0.00801. The highest BCUT2D eigenvalue weighted by atomic mass is 16.6. The molecule has 30 heavy (non-hydrogen) atoms. The molecule has 1 fully saturated rings. The largest absolute Gasteiger partial charge is 0.486 e. The molecule has 160 valence electrons. The van der Waals surface area contributed by atoms with E-state index >= 15 is 0 Å². The molecule has 2 amide bonds. The number of benzene rings is 2. The fourth-order valence-electron chi connectivity index (χ4n) is 4.30. The van der Waals surface area contributed by atoms with Crippen LogP contribution in [-0.2, 0) is 0 Å². The van der Waals surface area contributed by atoms with Crippen LogP contribution in [0.1, 0.15) is 41.6 Å². The summed E-state index contributed by atoms with van der Waals surface area (Å²) in [5.41, 5.74) is 3.55. The van der Waals surface area contributed by atoms with E-state index in [-0.39, 0.29) is 18.1 Å². The number of hydrogen-bond donors (Lipinski definition) is 1. The number of rotatable bonds is 5. The maximum Gasteiger partial charge on any atom is 0.317 e. The lowest BCUT2D eigenvalue weighted by atomic mass is 10.0. The molecule has 6 nitrogen and oxygen atoms in total. The third-order valence-corrected chi connectivity index (χ3v) is 6.00. The van der Waals surface area contributed by atoms with Crippen LogP contribution in [-0.4, -0.2) is 56.2 Å². The minimum absolute atomic E-state index is 0.00801. The van der Waals surface area contributed by atoms with Gasteiger partial charge in [-0.15, -0.1) is 0 Å². The highest BCUT2D eigenvalue weighted by Gasteiger charge is 2.31. The predicted molar refractivity (Wildman–Crippen MR) is 117 cm³/mol.